The number of aryl methyl sites for hydroxylation is 1. The van der Waals surface area contributed by atoms with E-state index in [1.165, 1.54) is 11.1 Å². The monoisotopic (exact) mass is 380 g/mol. The van der Waals surface area contributed by atoms with Gasteiger partial charge in [-0.05, 0) is 57.4 Å². The Hall–Kier alpha value is -2.33. The summed E-state index contributed by atoms with van der Waals surface area (Å²) in [5.74, 6) is 0.265. The Morgan fingerprint density at radius 2 is 1.89 bits per heavy atom. The quantitative estimate of drug-likeness (QED) is 0.763. The average Bonchev–Trinajstić information content (AvgIpc) is 2.67. The highest BCUT2D eigenvalue weighted by atomic mass is 16.5. The smallest absolute Gasteiger partial charge is 0.335 e. The van der Waals surface area contributed by atoms with E-state index in [0.29, 0.717) is 5.92 Å². The van der Waals surface area contributed by atoms with Gasteiger partial charge in [-0.1, -0.05) is 36.8 Å². The summed E-state index contributed by atoms with van der Waals surface area (Å²) in [5, 5.41) is 9.41. The second-order valence-corrected chi connectivity index (χ2v) is 8.63. The SMILES string of the molecule is CC[C@@H]1O[C@@H]2c3cc(C(=O)O)ccc3OC(C)(C)[C@H]2C[C@@H]1c1ccc(C)cc1. The third-order valence-electron chi connectivity index (χ3n) is 6.38. The second kappa shape index (κ2) is 6.93. The van der Waals surface area contributed by atoms with E-state index in [9.17, 15) is 9.90 Å². The molecule has 0 radical (unpaired) electrons. The van der Waals surface area contributed by atoms with Crippen molar-refractivity contribution in [2.75, 3.05) is 0 Å². The Morgan fingerprint density at radius 1 is 1.18 bits per heavy atom. The van der Waals surface area contributed by atoms with Crippen molar-refractivity contribution < 1.29 is 19.4 Å². The minimum atomic E-state index is -0.926. The molecule has 148 valence electrons. The van der Waals surface area contributed by atoms with Crippen LogP contribution in [0.4, 0.5) is 0 Å². The molecule has 1 N–H and O–H groups in total. The number of hydrogen-bond acceptors (Lipinski definition) is 3. The molecule has 2 aromatic rings. The molecule has 2 aliphatic rings. The first kappa shape index (κ1) is 19.0. The van der Waals surface area contributed by atoms with E-state index in [0.717, 1.165) is 24.2 Å². The molecule has 28 heavy (non-hydrogen) atoms. The third kappa shape index (κ3) is 3.20. The molecule has 4 heteroatoms. The summed E-state index contributed by atoms with van der Waals surface area (Å²) in [4.78, 5) is 11.5. The molecule has 1 saturated heterocycles. The van der Waals surface area contributed by atoms with Gasteiger partial charge in [0.25, 0.3) is 0 Å². The fourth-order valence-corrected chi connectivity index (χ4v) is 4.77. The number of benzene rings is 2. The number of fused-ring (bicyclic) bond motifs is 3. The van der Waals surface area contributed by atoms with Crippen molar-refractivity contribution in [2.45, 2.75) is 64.3 Å². The normalized spacial score (nSPS) is 28.0. The van der Waals surface area contributed by atoms with E-state index in [2.05, 4.69) is 52.0 Å². The largest absolute Gasteiger partial charge is 0.487 e. The molecule has 0 aromatic heterocycles. The zero-order chi connectivity index (χ0) is 20.1. The number of carbonyl (C=O) groups is 1. The summed E-state index contributed by atoms with van der Waals surface area (Å²) in [6, 6.07) is 13.8. The molecule has 0 amide bonds. The maximum atomic E-state index is 11.5. The van der Waals surface area contributed by atoms with E-state index in [4.69, 9.17) is 9.47 Å². The van der Waals surface area contributed by atoms with Gasteiger partial charge >= 0.3 is 5.97 Å². The van der Waals surface area contributed by atoms with Crippen LogP contribution in [0.3, 0.4) is 0 Å². The van der Waals surface area contributed by atoms with Gasteiger partial charge in [-0.15, -0.1) is 0 Å². The van der Waals surface area contributed by atoms with Gasteiger partial charge in [0.2, 0.25) is 0 Å². The molecule has 4 atom stereocenters. The maximum absolute atomic E-state index is 11.5. The molecule has 0 unspecified atom stereocenters. The fourth-order valence-electron chi connectivity index (χ4n) is 4.77. The highest BCUT2D eigenvalue weighted by Crippen LogP contribution is 2.54. The zero-order valence-corrected chi connectivity index (χ0v) is 16.9. The van der Waals surface area contributed by atoms with Gasteiger partial charge in [-0.3, -0.25) is 0 Å². The first-order valence-electron chi connectivity index (χ1n) is 10.1. The summed E-state index contributed by atoms with van der Waals surface area (Å²) >= 11 is 0. The zero-order valence-electron chi connectivity index (χ0n) is 16.9. The lowest BCUT2D eigenvalue weighted by Gasteiger charge is -2.51. The van der Waals surface area contributed by atoms with E-state index in [-0.39, 0.29) is 29.3 Å². The average molecular weight is 380 g/mol. The van der Waals surface area contributed by atoms with Crippen LogP contribution in [0.5, 0.6) is 5.75 Å². The third-order valence-corrected chi connectivity index (χ3v) is 6.38. The summed E-state index contributed by atoms with van der Waals surface area (Å²) in [7, 11) is 0. The van der Waals surface area contributed by atoms with Crippen molar-refractivity contribution in [1.82, 2.24) is 0 Å². The number of hydrogen-bond donors (Lipinski definition) is 1. The van der Waals surface area contributed by atoms with Crippen molar-refractivity contribution in [3.8, 4) is 5.75 Å². The highest BCUT2D eigenvalue weighted by molar-refractivity contribution is 5.88. The Balaban J connectivity index is 1.74. The Labute approximate surface area is 166 Å². The minimum absolute atomic E-state index is 0.0965. The lowest BCUT2D eigenvalue weighted by molar-refractivity contribution is -0.159. The number of rotatable bonds is 3. The van der Waals surface area contributed by atoms with Crippen LogP contribution in [0.1, 0.15) is 72.7 Å². The molecule has 0 saturated carbocycles. The lowest BCUT2D eigenvalue weighted by Crippen LogP contribution is -2.50. The van der Waals surface area contributed by atoms with Crippen LogP contribution >= 0.6 is 0 Å². The Kier molecular flexibility index (Phi) is 4.70. The summed E-state index contributed by atoms with van der Waals surface area (Å²) in [6.07, 6.45) is 1.82. The standard InChI is InChI=1S/C24H28O4/c1-5-20-17(15-8-6-14(2)7-9-15)13-19-22(27-20)18-12-16(23(25)26)10-11-21(18)28-24(19,3)4/h6-12,17,19-20,22H,5,13H2,1-4H3,(H,25,26)/t17-,19+,20+,22-/m1/s1. The summed E-state index contributed by atoms with van der Waals surface area (Å²) < 4.78 is 13.0. The number of carboxylic acid groups (broad SMARTS) is 1. The van der Waals surface area contributed by atoms with Gasteiger partial charge in [-0.2, -0.15) is 0 Å². The predicted octanol–water partition coefficient (Wildman–Crippen LogP) is 5.50. The fraction of sp³-hybridized carbons (Fsp3) is 0.458. The molecule has 1 fully saturated rings. The minimum Gasteiger partial charge on any atom is -0.487 e. The van der Waals surface area contributed by atoms with Gasteiger partial charge in [0.05, 0.1) is 17.8 Å². The van der Waals surface area contributed by atoms with Gasteiger partial charge in [0, 0.05) is 17.4 Å². The van der Waals surface area contributed by atoms with Crippen LogP contribution in [-0.2, 0) is 4.74 Å². The second-order valence-electron chi connectivity index (χ2n) is 8.63. The summed E-state index contributed by atoms with van der Waals surface area (Å²) in [5.41, 5.74) is 3.31. The molecule has 4 nitrogen and oxygen atoms in total. The van der Waals surface area contributed by atoms with Gasteiger partial charge in [0.1, 0.15) is 11.4 Å². The maximum Gasteiger partial charge on any atom is 0.335 e. The Morgan fingerprint density at radius 3 is 2.54 bits per heavy atom. The summed E-state index contributed by atoms with van der Waals surface area (Å²) in [6.45, 7) is 8.48. The molecule has 0 bridgehead atoms. The van der Waals surface area contributed by atoms with Crippen LogP contribution < -0.4 is 4.74 Å². The molecule has 2 heterocycles. The topological polar surface area (TPSA) is 55.8 Å². The van der Waals surface area contributed by atoms with Crippen molar-refractivity contribution in [3.05, 3.63) is 64.7 Å². The molecule has 0 spiro atoms. The Bertz CT molecular complexity index is 884. The van der Waals surface area contributed by atoms with E-state index in [1.54, 1.807) is 18.2 Å². The number of carboxylic acids is 1. The van der Waals surface area contributed by atoms with Gasteiger partial charge in [-0.25, -0.2) is 4.79 Å². The molecule has 2 aromatic carbocycles. The number of ether oxygens (including phenoxy) is 2. The van der Waals surface area contributed by atoms with Crippen molar-refractivity contribution in [1.29, 1.82) is 0 Å². The van der Waals surface area contributed by atoms with Crippen LogP contribution in [-0.4, -0.2) is 22.8 Å². The number of aromatic carboxylic acids is 1. The molecule has 4 rings (SSSR count). The lowest BCUT2D eigenvalue weighted by atomic mass is 9.70. The van der Waals surface area contributed by atoms with Crippen molar-refractivity contribution >= 4 is 5.97 Å². The molecule has 0 aliphatic carbocycles. The first-order chi connectivity index (χ1) is 13.3. The highest BCUT2D eigenvalue weighted by Gasteiger charge is 2.50. The van der Waals surface area contributed by atoms with Gasteiger partial charge in [0.15, 0.2) is 0 Å². The first-order valence-corrected chi connectivity index (χ1v) is 10.1. The van der Waals surface area contributed by atoms with Crippen molar-refractivity contribution in [3.63, 3.8) is 0 Å². The van der Waals surface area contributed by atoms with Crippen LogP contribution in [0.15, 0.2) is 42.5 Å². The van der Waals surface area contributed by atoms with E-state index in [1.807, 2.05) is 0 Å². The van der Waals surface area contributed by atoms with Crippen LogP contribution in [0.25, 0.3) is 0 Å². The predicted molar refractivity (Wildman–Crippen MR) is 108 cm³/mol. The molecular formula is C24H28O4. The van der Waals surface area contributed by atoms with Crippen LogP contribution in [0, 0.1) is 12.8 Å². The van der Waals surface area contributed by atoms with E-state index < -0.39 is 5.97 Å². The van der Waals surface area contributed by atoms with Crippen LogP contribution in [0.2, 0.25) is 0 Å². The van der Waals surface area contributed by atoms with Crippen molar-refractivity contribution in [2.24, 2.45) is 5.92 Å². The molecular weight excluding hydrogens is 352 g/mol. The van der Waals surface area contributed by atoms with Gasteiger partial charge < -0.3 is 14.6 Å². The van der Waals surface area contributed by atoms with E-state index >= 15 is 0 Å². The molecule has 2 aliphatic heterocycles.